The zero-order valence-corrected chi connectivity index (χ0v) is 12.2. The Bertz CT molecular complexity index is 454. The Balaban J connectivity index is 2.80. The van der Waals surface area contributed by atoms with Gasteiger partial charge in [-0.2, -0.15) is 5.10 Å². The number of methoxy groups -OCH3 is 1. The molecule has 0 aliphatic heterocycles. The first-order valence-electron chi connectivity index (χ1n) is 6.19. The Morgan fingerprint density at radius 2 is 2.16 bits per heavy atom. The second-order valence-electron chi connectivity index (χ2n) is 5.42. The number of aromatic nitrogens is 2. The normalized spacial score (nSPS) is 11.6. The highest BCUT2D eigenvalue weighted by Gasteiger charge is 2.26. The van der Waals surface area contributed by atoms with Gasteiger partial charge in [0.2, 0.25) is 5.82 Å². The molecule has 1 N–H and O–H groups in total. The number of ether oxygens (including phenoxy) is 1. The quantitative estimate of drug-likeness (QED) is 0.606. The van der Waals surface area contributed by atoms with Gasteiger partial charge in [0.1, 0.15) is 5.69 Å². The summed E-state index contributed by atoms with van der Waals surface area (Å²) in [4.78, 5) is 10.6. The molecule has 0 unspecified atom stereocenters. The smallest absolute Gasteiger partial charge is 0.333 e. The SMILES string of the molecule is COCCC(C)(C)CNc1c([N+](=O)[O-])c(C)nn1C. The topological polar surface area (TPSA) is 82.2 Å². The Hall–Kier alpha value is -1.63. The fourth-order valence-electron chi connectivity index (χ4n) is 1.85. The van der Waals surface area contributed by atoms with Crippen molar-refractivity contribution in [2.45, 2.75) is 27.2 Å². The van der Waals surface area contributed by atoms with E-state index in [2.05, 4.69) is 24.3 Å². The van der Waals surface area contributed by atoms with Crippen molar-refractivity contribution in [3.05, 3.63) is 15.8 Å². The Kier molecular flexibility index (Phi) is 4.88. The Labute approximate surface area is 113 Å². The van der Waals surface area contributed by atoms with Gasteiger partial charge in [-0.05, 0) is 18.8 Å². The average Bonchev–Trinajstić information content (AvgIpc) is 2.59. The molecule has 0 aliphatic carbocycles. The van der Waals surface area contributed by atoms with E-state index in [0.29, 0.717) is 24.7 Å². The summed E-state index contributed by atoms with van der Waals surface area (Å²) in [7, 11) is 3.36. The molecule has 0 amide bonds. The van der Waals surface area contributed by atoms with Crippen LogP contribution in [0.25, 0.3) is 0 Å². The van der Waals surface area contributed by atoms with Crippen molar-refractivity contribution in [2.75, 3.05) is 25.6 Å². The van der Waals surface area contributed by atoms with E-state index in [0.717, 1.165) is 6.42 Å². The van der Waals surface area contributed by atoms with Gasteiger partial charge in [-0.15, -0.1) is 0 Å². The molecule has 0 saturated heterocycles. The predicted octanol–water partition coefficient (Wildman–Crippen LogP) is 2.11. The third kappa shape index (κ3) is 3.92. The van der Waals surface area contributed by atoms with E-state index in [9.17, 15) is 10.1 Å². The van der Waals surface area contributed by atoms with Gasteiger partial charge in [0, 0.05) is 27.3 Å². The standard InChI is InChI=1S/C12H22N4O3/c1-9-10(16(17)18)11(15(4)14-9)13-8-12(2,3)6-7-19-5/h13H,6-8H2,1-5H3. The van der Waals surface area contributed by atoms with E-state index in [1.54, 1.807) is 21.1 Å². The van der Waals surface area contributed by atoms with Crippen LogP contribution >= 0.6 is 0 Å². The lowest BCUT2D eigenvalue weighted by molar-refractivity contribution is -0.384. The lowest BCUT2D eigenvalue weighted by Crippen LogP contribution is -2.25. The average molecular weight is 270 g/mol. The van der Waals surface area contributed by atoms with E-state index in [1.165, 1.54) is 4.68 Å². The lowest BCUT2D eigenvalue weighted by atomic mass is 9.90. The van der Waals surface area contributed by atoms with Gasteiger partial charge in [0.15, 0.2) is 0 Å². The largest absolute Gasteiger partial charge is 0.385 e. The number of hydrogen-bond donors (Lipinski definition) is 1. The molecule has 0 aromatic carbocycles. The number of nitrogens with one attached hydrogen (secondary N) is 1. The molecule has 1 aromatic heterocycles. The van der Waals surface area contributed by atoms with E-state index < -0.39 is 4.92 Å². The maximum absolute atomic E-state index is 11.0. The zero-order valence-electron chi connectivity index (χ0n) is 12.2. The van der Waals surface area contributed by atoms with Crippen LogP contribution < -0.4 is 5.32 Å². The van der Waals surface area contributed by atoms with E-state index >= 15 is 0 Å². The molecule has 0 saturated carbocycles. The second kappa shape index (κ2) is 6.01. The molecule has 0 radical (unpaired) electrons. The molecule has 0 atom stereocenters. The molecule has 0 spiro atoms. The lowest BCUT2D eigenvalue weighted by Gasteiger charge is -2.24. The highest BCUT2D eigenvalue weighted by Crippen LogP contribution is 2.29. The number of hydrogen-bond acceptors (Lipinski definition) is 5. The van der Waals surface area contributed by atoms with E-state index in [1.807, 2.05) is 0 Å². The highest BCUT2D eigenvalue weighted by atomic mass is 16.6. The Morgan fingerprint density at radius 3 is 2.68 bits per heavy atom. The van der Waals surface area contributed by atoms with Crippen LogP contribution in [0.3, 0.4) is 0 Å². The van der Waals surface area contributed by atoms with Crippen LogP contribution in [0.5, 0.6) is 0 Å². The second-order valence-corrected chi connectivity index (χ2v) is 5.42. The van der Waals surface area contributed by atoms with Crippen LogP contribution in [0.2, 0.25) is 0 Å². The molecule has 1 aromatic rings. The van der Waals surface area contributed by atoms with Gasteiger partial charge >= 0.3 is 5.69 Å². The molecule has 1 heterocycles. The molecule has 0 bridgehead atoms. The maximum atomic E-state index is 11.0. The summed E-state index contributed by atoms with van der Waals surface area (Å²) in [5.74, 6) is 0.452. The molecule has 108 valence electrons. The molecule has 0 fully saturated rings. The van der Waals surface area contributed by atoms with Crippen LogP contribution in [0.15, 0.2) is 0 Å². The first-order valence-corrected chi connectivity index (χ1v) is 6.19. The summed E-state index contributed by atoms with van der Waals surface area (Å²) >= 11 is 0. The van der Waals surface area contributed by atoms with Gasteiger partial charge < -0.3 is 10.1 Å². The van der Waals surface area contributed by atoms with Crippen LogP contribution in [0.1, 0.15) is 26.0 Å². The molecule has 19 heavy (non-hydrogen) atoms. The number of aryl methyl sites for hydroxylation is 2. The van der Waals surface area contributed by atoms with E-state index in [4.69, 9.17) is 4.74 Å². The number of nitro groups is 1. The highest BCUT2D eigenvalue weighted by molar-refractivity contribution is 5.59. The van der Waals surface area contributed by atoms with Crippen molar-refractivity contribution in [3.8, 4) is 0 Å². The van der Waals surface area contributed by atoms with Crippen molar-refractivity contribution in [2.24, 2.45) is 12.5 Å². The van der Waals surface area contributed by atoms with Gasteiger partial charge in [-0.1, -0.05) is 13.8 Å². The van der Waals surface area contributed by atoms with Crippen molar-refractivity contribution in [3.63, 3.8) is 0 Å². The van der Waals surface area contributed by atoms with Crippen molar-refractivity contribution in [1.29, 1.82) is 0 Å². The van der Waals surface area contributed by atoms with Crippen LogP contribution in [0, 0.1) is 22.5 Å². The zero-order chi connectivity index (χ0) is 14.6. The van der Waals surface area contributed by atoms with Crippen LogP contribution in [-0.2, 0) is 11.8 Å². The third-order valence-corrected chi connectivity index (χ3v) is 3.09. The molecule has 7 heteroatoms. The number of nitrogens with zero attached hydrogens (tertiary/aromatic N) is 3. The van der Waals surface area contributed by atoms with Crippen molar-refractivity contribution < 1.29 is 9.66 Å². The maximum Gasteiger partial charge on any atom is 0.333 e. The number of rotatable bonds is 7. The minimum Gasteiger partial charge on any atom is -0.385 e. The number of anilines is 1. The molecule has 0 aliphatic rings. The minimum absolute atomic E-state index is 0.0119. The Morgan fingerprint density at radius 1 is 1.53 bits per heavy atom. The van der Waals surface area contributed by atoms with Gasteiger partial charge in [0.05, 0.1) is 4.92 Å². The van der Waals surface area contributed by atoms with Crippen molar-refractivity contribution >= 4 is 11.5 Å². The first-order chi connectivity index (χ1) is 8.78. The molecular formula is C12H22N4O3. The van der Waals surface area contributed by atoms with Crippen LogP contribution in [0.4, 0.5) is 11.5 Å². The van der Waals surface area contributed by atoms with Crippen molar-refractivity contribution in [1.82, 2.24) is 9.78 Å². The first kappa shape index (κ1) is 15.4. The third-order valence-electron chi connectivity index (χ3n) is 3.09. The summed E-state index contributed by atoms with van der Waals surface area (Å²) in [6, 6.07) is 0. The molecule has 7 nitrogen and oxygen atoms in total. The summed E-state index contributed by atoms with van der Waals surface area (Å²) in [5.41, 5.74) is 0.455. The summed E-state index contributed by atoms with van der Waals surface area (Å²) < 4.78 is 6.58. The fourth-order valence-corrected chi connectivity index (χ4v) is 1.85. The van der Waals surface area contributed by atoms with Crippen LogP contribution in [-0.4, -0.2) is 35.0 Å². The molecular weight excluding hydrogens is 248 g/mol. The summed E-state index contributed by atoms with van der Waals surface area (Å²) in [5, 5.41) is 18.3. The molecule has 1 rings (SSSR count). The minimum atomic E-state index is -0.396. The van der Waals surface area contributed by atoms with Gasteiger partial charge in [-0.25, -0.2) is 4.68 Å². The van der Waals surface area contributed by atoms with Gasteiger partial charge in [-0.3, -0.25) is 10.1 Å². The summed E-state index contributed by atoms with van der Waals surface area (Å²) in [6.07, 6.45) is 0.876. The summed E-state index contributed by atoms with van der Waals surface area (Å²) in [6.45, 7) is 7.11. The van der Waals surface area contributed by atoms with Gasteiger partial charge in [0.25, 0.3) is 0 Å². The predicted molar refractivity (Wildman–Crippen MR) is 73.4 cm³/mol. The fraction of sp³-hybridized carbons (Fsp3) is 0.750. The monoisotopic (exact) mass is 270 g/mol. The van der Waals surface area contributed by atoms with E-state index in [-0.39, 0.29) is 11.1 Å².